The van der Waals surface area contributed by atoms with Gasteiger partial charge in [0.05, 0.1) is 13.0 Å². The summed E-state index contributed by atoms with van der Waals surface area (Å²) in [4.78, 5) is 38.4. The van der Waals surface area contributed by atoms with Crippen molar-refractivity contribution in [1.29, 1.82) is 0 Å². The monoisotopic (exact) mass is 367 g/mol. The fraction of sp³-hybridized carbons (Fsp3) is 0.250. The van der Waals surface area contributed by atoms with Gasteiger partial charge in [-0.1, -0.05) is 12.1 Å². The van der Waals surface area contributed by atoms with E-state index in [2.05, 4.69) is 5.32 Å². The zero-order valence-electron chi connectivity index (χ0n) is 15.0. The van der Waals surface area contributed by atoms with Gasteiger partial charge in [0.1, 0.15) is 5.75 Å². The second-order valence-corrected chi connectivity index (χ2v) is 6.46. The van der Waals surface area contributed by atoms with E-state index in [9.17, 15) is 14.4 Å². The summed E-state index contributed by atoms with van der Waals surface area (Å²) in [6.45, 7) is 0.699. The number of carbonyl (C=O) groups is 3. The van der Waals surface area contributed by atoms with Crippen LogP contribution in [0.3, 0.4) is 0 Å². The predicted molar refractivity (Wildman–Crippen MR) is 99.8 cm³/mol. The summed E-state index contributed by atoms with van der Waals surface area (Å²) < 4.78 is 5.12. The number of rotatable bonds is 5. The molecule has 7 nitrogen and oxygen atoms in total. The lowest BCUT2D eigenvalue weighted by Gasteiger charge is -2.17. The van der Waals surface area contributed by atoms with Gasteiger partial charge in [0.25, 0.3) is 5.91 Å². The molecule has 1 aliphatic heterocycles. The van der Waals surface area contributed by atoms with Crippen LogP contribution in [-0.2, 0) is 16.1 Å². The van der Waals surface area contributed by atoms with Gasteiger partial charge < -0.3 is 15.4 Å². The number of amides is 3. The molecule has 2 aromatic carbocycles. The fourth-order valence-electron chi connectivity index (χ4n) is 2.97. The summed E-state index contributed by atoms with van der Waals surface area (Å²) in [5, 5.41) is 2.36. The highest BCUT2D eigenvalue weighted by Gasteiger charge is 2.34. The van der Waals surface area contributed by atoms with Crippen LogP contribution < -0.4 is 15.8 Å². The highest BCUT2D eigenvalue weighted by atomic mass is 16.5. The van der Waals surface area contributed by atoms with Crippen LogP contribution in [0.25, 0.3) is 0 Å². The lowest BCUT2D eigenvalue weighted by atomic mass is 10.1. The molecule has 3 rings (SSSR count). The fourth-order valence-corrected chi connectivity index (χ4v) is 2.97. The first-order valence-electron chi connectivity index (χ1n) is 8.57. The van der Waals surface area contributed by atoms with E-state index in [4.69, 9.17) is 10.5 Å². The van der Waals surface area contributed by atoms with Gasteiger partial charge in [-0.15, -0.1) is 0 Å². The number of nitrogen functional groups attached to an aromatic ring is 1. The molecule has 0 aliphatic carbocycles. The van der Waals surface area contributed by atoms with E-state index in [1.54, 1.807) is 36.3 Å². The largest absolute Gasteiger partial charge is 0.497 e. The molecule has 0 aromatic heterocycles. The first-order chi connectivity index (χ1) is 13.0. The van der Waals surface area contributed by atoms with Gasteiger partial charge in [-0.3, -0.25) is 19.7 Å². The van der Waals surface area contributed by atoms with Crippen molar-refractivity contribution in [2.75, 3.05) is 19.4 Å². The van der Waals surface area contributed by atoms with Crippen LogP contribution in [0.15, 0.2) is 48.5 Å². The number of hydrogen-bond acceptors (Lipinski definition) is 5. The Morgan fingerprint density at radius 3 is 2.44 bits per heavy atom. The molecule has 1 heterocycles. The molecule has 140 valence electrons. The van der Waals surface area contributed by atoms with Crippen molar-refractivity contribution in [1.82, 2.24) is 10.2 Å². The third kappa shape index (κ3) is 4.44. The number of carbonyl (C=O) groups excluding carboxylic acids is 3. The topological polar surface area (TPSA) is 102 Å². The van der Waals surface area contributed by atoms with Gasteiger partial charge in [0, 0.05) is 30.8 Å². The highest BCUT2D eigenvalue weighted by Crippen LogP contribution is 2.21. The Labute approximate surface area is 157 Å². The molecule has 27 heavy (non-hydrogen) atoms. The van der Waals surface area contributed by atoms with E-state index < -0.39 is 17.7 Å². The summed E-state index contributed by atoms with van der Waals surface area (Å²) >= 11 is 0. The third-order valence-electron chi connectivity index (χ3n) is 4.53. The van der Waals surface area contributed by atoms with E-state index in [-0.39, 0.29) is 18.9 Å². The molecule has 3 amide bonds. The lowest BCUT2D eigenvalue weighted by molar-refractivity contribution is -0.129. The molecule has 1 saturated heterocycles. The maximum Gasteiger partial charge on any atom is 0.257 e. The molecular formula is C20H21N3O4. The molecule has 1 atom stereocenters. The smallest absolute Gasteiger partial charge is 0.257 e. The first-order valence-corrected chi connectivity index (χ1v) is 8.57. The molecule has 0 bridgehead atoms. The molecular weight excluding hydrogens is 346 g/mol. The Kier molecular flexibility index (Phi) is 5.40. The lowest BCUT2D eigenvalue weighted by Crippen LogP contribution is -2.37. The average molecular weight is 367 g/mol. The molecule has 3 N–H and O–H groups in total. The van der Waals surface area contributed by atoms with Gasteiger partial charge in [-0.25, -0.2) is 0 Å². The van der Waals surface area contributed by atoms with Gasteiger partial charge in [-0.2, -0.15) is 0 Å². The minimum absolute atomic E-state index is 0.0943. The van der Waals surface area contributed by atoms with Crippen LogP contribution in [0.1, 0.15) is 22.3 Å². The van der Waals surface area contributed by atoms with Gasteiger partial charge in [0.2, 0.25) is 11.8 Å². The number of anilines is 1. The van der Waals surface area contributed by atoms with E-state index in [1.807, 2.05) is 24.3 Å². The van der Waals surface area contributed by atoms with Crippen molar-refractivity contribution in [2.24, 2.45) is 5.92 Å². The van der Waals surface area contributed by atoms with Crippen LogP contribution in [-0.4, -0.2) is 36.3 Å². The van der Waals surface area contributed by atoms with Crippen molar-refractivity contribution < 1.29 is 19.1 Å². The summed E-state index contributed by atoms with van der Waals surface area (Å²) in [6, 6.07) is 13.7. The Balaban J connectivity index is 1.57. The average Bonchev–Trinajstić information content (AvgIpc) is 3.03. The quantitative estimate of drug-likeness (QED) is 0.617. The van der Waals surface area contributed by atoms with Gasteiger partial charge in [0.15, 0.2) is 0 Å². The van der Waals surface area contributed by atoms with E-state index in [0.717, 1.165) is 11.3 Å². The zero-order valence-corrected chi connectivity index (χ0v) is 15.0. The Morgan fingerprint density at radius 1 is 1.15 bits per heavy atom. The molecule has 1 aliphatic rings. The van der Waals surface area contributed by atoms with Crippen molar-refractivity contribution in [3.05, 3.63) is 59.7 Å². The Hall–Kier alpha value is -3.35. The number of hydrogen-bond donors (Lipinski definition) is 2. The number of nitrogens with one attached hydrogen (secondary N) is 1. The standard InChI is InChI=1S/C20H21N3O4/c1-27-17-8-2-13(3-9-17)11-23-12-15(10-18(23)24)20(26)22-19(25)14-4-6-16(21)7-5-14/h2-9,15H,10-12,21H2,1H3,(H,22,25,26). The molecule has 0 radical (unpaired) electrons. The van der Waals surface area contributed by atoms with Crippen LogP contribution >= 0.6 is 0 Å². The molecule has 0 saturated carbocycles. The number of benzene rings is 2. The summed E-state index contributed by atoms with van der Waals surface area (Å²) in [5.41, 5.74) is 7.42. The summed E-state index contributed by atoms with van der Waals surface area (Å²) in [6.07, 6.45) is 0.0943. The normalized spacial score (nSPS) is 16.3. The maximum atomic E-state index is 12.4. The van der Waals surface area contributed by atoms with E-state index in [0.29, 0.717) is 17.8 Å². The minimum Gasteiger partial charge on any atom is -0.497 e. The highest BCUT2D eigenvalue weighted by molar-refractivity contribution is 6.06. The van der Waals surface area contributed by atoms with Crippen LogP contribution in [0, 0.1) is 5.92 Å². The number of nitrogens with zero attached hydrogens (tertiary/aromatic N) is 1. The second kappa shape index (κ2) is 7.90. The number of nitrogens with two attached hydrogens (primary N) is 1. The number of methoxy groups -OCH3 is 1. The van der Waals surface area contributed by atoms with Crippen molar-refractivity contribution in [2.45, 2.75) is 13.0 Å². The van der Waals surface area contributed by atoms with Crippen LogP contribution in [0.4, 0.5) is 5.69 Å². The number of imide groups is 1. The maximum absolute atomic E-state index is 12.4. The summed E-state index contributed by atoms with van der Waals surface area (Å²) in [7, 11) is 1.59. The zero-order chi connectivity index (χ0) is 19.4. The Bertz CT molecular complexity index is 847. The summed E-state index contributed by atoms with van der Waals surface area (Å²) in [5.74, 6) is -0.854. The van der Waals surface area contributed by atoms with E-state index in [1.165, 1.54) is 0 Å². The van der Waals surface area contributed by atoms with Crippen molar-refractivity contribution in [3.8, 4) is 5.75 Å². The molecule has 2 aromatic rings. The van der Waals surface area contributed by atoms with Gasteiger partial charge in [-0.05, 0) is 42.0 Å². The SMILES string of the molecule is COc1ccc(CN2CC(C(=O)NC(=O)c3ccc(N)cc3)CC2=O)cc1. The van der Waals surface area contributed by atoms with Crippen molar-refractivity contribution >= 4 is 23.4 Å². The molecule has 1 unspecified atom stereocenters. The van der Waals surface area contributed by atoms with Crippen LogP contribution in [0.5, 0.6) is 5.75 Å². The number of ether oxygens (including phenoxy) is 1. The molecule has 7 heteroatoms. The predicted octanol–water partition coefficient (Wildman–Crippen LogP) is 1.58. The molecule has 1 fully saturated rings. The van der Waals surface area contributed by atoms with Crippen LogP contribution in [0.2, 0.25) is 0 Å². The number of likely N-dealkylation sites (tertiary alicyclic amines) is 1. The first kappa shape index (κ1) is 18.4. The Morgan fingerprint density at radius 2 is 1.81 bits per heavy atom. The van der Waals surface area contributed by atoms with Crippen molar-refractivity contribution in [3.63, 3.8) is 0 Å². The molecule has 0 spiro atoms. The third-order valence-corrected chi connectivity index (χ3v) is 4.53. The van der Waals surface area contributed by atoms with Gasteiger partial charge >= 0.3 is 0 Å². The van der Waals surface area contributed by atoms with E-state index >= 15 is 0 Å². The minimum atomic E-state index is -0.548. The second-order valence-electron chi connectivity index (χ2n) is 6.46.